The molecular formula is C26H54O. The van der Waals surface area contributed by atoms with Crippen LogP contribution in [0.5, 0.6) is 0 Å². The van der Waals surface area contributed by atoms with Gasteiger partial charge in [-0.25, -0.2) is 0 Å². The molecule has 1 N–H and O–H groups in total. The molecule has 164 valence electrons. The van der Waals surface area contributed by atoms with Gasteiger partial charge in [0.2, 0.25) is 0 Å². The summed E-state index contributed by atoms with van der Waals surface area (Å²) in [6, 6.07) is 0. The predicted octanol–water partition coefficient (Wildman–Crippen LogP) is 9.22. The first kappa shape index (κ1) is 27.0. The Hall–Kier alpha value is -0.0400. The molecule has 2 atom stereocenters. The van der Waals surface area contributed by atoms with Gasteiger partial charge in [0.05, 0.1) is 5.60 Å². The molecular weight excluding hydrogens is 328 g/mol. The van der Waals surface area contributed by atoms with Crippen molar-refractivity contribution >= 4 is 0 Å². The van der Waals surface area contributed by atoms with Crippen LogP contribution in [-0.4, -0.2) is 10.7 Å². The Morgan fingerprint density at radius 2 is 0.889 bits per heavy atom. The fourth-order valence-electron chi connectivity index (χ4n) is 4.53. The van der Waals surface area contributed by atoms with Crippen LogP contribution in [0.25, 0.3) is 0 Å². The highest BCUT2D eigenvalue weighted by Crippen LogP contribution is 2.36. The van der Waals surface area contributed by atoms with E-state index in [9.17, 15) is 5.11 Å². The van der Waals surface area contributed by atoms with Crippen molar-refractivity contribution in [1.29, 1.82) is 0 Å². The van der Waals surface area contributed by atoms with Crippen molar-refractivity contribution in [2.75, 3.05) is 0 Å². The van der Waals surface area contributed by atoms with E-state index in [1.165, 1.54) is 116 Å². The standard InChI is InChI=1S/C26H54O/c1-5-9-13-15-17-19-22-25(21-11-7-3)26(27,23-12-8-4)24-20-18-16-14-10-6-2/h25,27H,5-24H2,1-4H3. The van der Waals surface area contributed by atoms with Crippen molar-refractivity contribution in [3.63, 3.8) is 0 Å². The molecule has 0 amide bonds. The highest BCUT2D eigenvalue weighted by molar-refractivity contribution is 4.86. The van der Waals surface area contributed by atoms with Crippen LogP contribution in [-0.2, 0) is 0 Å². The first-order valence-corrected chi connectivity index (χ1v) is 12.9. The van der Waals surface area contributed by atoms with Gasteiger partial charge in [-0.1, -0.05) is 130 Å². The monoisotopic (exact) mass is 382 g/mol. The van der Waals surface area contributed by atoms with E-state index in [-0.39, 0.29) is 5.60 Å². The molecule has 0 bridgehead atoms. The molecule has 0 heterocycles. The second kappa shape index (κ2) is 19.3. The van der Waals surface area contributed by atoms with Crippen LogP contribution in [0.3, 0.4) is 0 Å². The van der Waals surface area contributed by atoms with E-state index in [0.717, 1.165) is 12.8 Å². The van der Waals surface area contributed by atoms with Gasteiger partial charge in [-0.2, -0.15) is 0 Å². The highest BCUT2D eigenvalue weighted by atomic mass is 16.3. The van der Waals surface area contributed by atoms with Crippen molar-refractivity contribution in [1.82, 2.24) is 0 Å². The second-order valence-corrected chi connectivity index (χ2v) is 9.12. The van der Waals surface area contributed by atoms with E-state index in [2.05, 4.69) is 27.7 Å². The Kier molecular flexibility index (Phi) is 19.3. The smallest absolute Gasteiger partial charge is 0.0675 e. The maximum absolute atomic E-state index is 11.7. The number of hydrogen-bond donors (Lipinski definition) is 1. The molecule has 1 nitrogen and oxygen atoms in total. The lowest BCUT2D eigenvalue weighted by molar-refractivity contribution is -0.0452. The van der Waals surface area contributed by atoms with Crippen LogP contribution in [0.4, 0.5) is 0 Å². The lowest BCUT2D eigenvalue weighted by Crippen LogP contribution is -2.38. The van der Waals surface area contributed by atoms with E-state index in [0.29, 0.717) is 5.92 Å². The fourth-order valence-corrected chi connectivity index (χ4v) is 4.53. The van der Waals surface area contributed by atoms with Crippen LogP contribution in [0, 0.1) is 5.92 Å². The zero-order valence-electron chi connectivity index (χ0n) is 19.7. The first-order valence-electron chi connectivity index (χ1n) is 12.9. The SMILES string of the molecule is CCCCCCCCC(CCCC)C(O)(CCCC)CCCCCCCC. The quantitative estimate of drug-likeness (QED) is 0.196. The Balaban J connectivity index is 4.55. The molecule has 0 aliphatic rings. The average molecular weight is 383 g/mol. The summed E-state index contributed by atoms with van der Waals surface area (Å²) in [5.41, 5.74) is -0.390. The van der Waals surface area contributed by atoms with Gasteiger partial charge in [0.1, 0.15) is 0 Å². The summed E-state index contributed by atoms with van der Waals surface area (Å²) < 4.78 is 0. The van der Waals surface area contributed by atoms with Crippen LogP contribution < -0.4 is 0 Å². The van der Waals surface area contributed by atoms with E-state index < -0.39 is 0 Å². The van der Waals surface area contributed by atoms with Crippen LogP contribution >= 0.6 is 0 Å². The molecule has 0 radical (unpaired) electrons. The van der Waals surface area contributed by atoms with Gasteiger partial charge in [0, 0.05) is 0 Å². The summed E-state index contributed by atoms with van der Waals surface area (Å²) in [5.74, 6) is 0.533. The maximum Gasteiger partial charge on any atom is 0.0675 e. The molecule has 2 unspecified atom stereocenters. The third kappa shape index (κ3) is 14.6. The van der Waals surface area contributed by atoms with Gasteiger partial charge >= 0.3 is 0 Å². The molecule has 0 aromatic heterocycles. The Morgan fingerprint density at radius 1 is 0.481 bits per heavy atom. The molecule has 0 fully saturated rings. The van der Waals surface area contributed by atoms with Crippen molar-refractivity contribution in [3.8, 4) is 0 Å². The average Bonchev–Trinajstić information content (AvgIpc) is 2.68. The van der Waals surface area contributed by atoms with Crippen LogP contribution in [0.1, 0.15) is 156 Å². The number of unbranched alkanes of at least 4 members (excludes halogenated alkanes) is 12. The summed E-state index contributed by atoms with van der Waals surface area (Å²) >= 11 is 0. The third-order valence-electron chi connectivity index (χ3n) is 6.50. The molecule has 0 aliphatic heterocycles. The van der Waals surface area contributed by atoms with Crippen LogP contribution in [0.2, 0.25) is 0 Å². The lowest BCUT2D eigenvalue weighted by Gasteiger charge is -2.37. The van der Waals surface area contributed by atoms with E-state index >= 15 is 0 Å². The first-order chi connectivity index (χ1) is 13.1. The number of rotatable bonds is 21. The Morgan fingerprint density at radius 3 is 1.44 bits per heavy atom. The normalized spacial score (nSPS) is 15.0. The minimum absolute atomic E-state index is 0.390. The third-order valence-corrected chi connectivity index (χ3v) is 6.50. The summed E-state index contributed by atoms with van der Waals surface area (Å²) in [6.07, 6.45) is 25.6. The Labute approximate surface area is 173 Å². The largest absolute Gasteiger partial charge is 0.390 e. The Bertz CT molecular complexity index is 288. The van der Waals surface area contributed by atoms with Gasteiger partial charge in [-0.15, -0.1) is 0 Å². The highest BCUT2D eigenvalue weighted by Gasteiger charge is 2.34. The molecule has 0 spiro atoms. The van der Waals surface area contributed by atoms with Gasteiger partial charge < -0.3 is 5.11 Å². The molecule has 1 heteroatoms. The van der Waals surface area contributed by atoms with E-state index in [1.807, 2.05) is 0 Å². The minimum atomic E-state index is -0.390. The zero-order valence-corrected chi connectivity index (χ0v) is 19.7. The summed E-state index contributed by atoms with van der Waals surface area (Å²) in [6.45, 7) is 9.13. The van der Waals surface area contributed by atoms with Crippen LogP contribution in [0.15, 0.2) is 0 Å². The molecule has 0 saturated heterocycles. The zero-order chi connectivity index (χ0) is 20.2. The summed E-state index contributed by atoms with van der Waals surface area (Å²) in [4.78, 5) is 0. The van der Waals surface area contributed by atoms with Crippen molar-refractivity contribution in [2.24, 2.45) is 5.92 Å². The van der Waals surface area contributed by atoms with Gasteiger partial charge in [-0.05, 0) is 31.6 Å². The molecule has 0 aromatic rings. The number of hydrogen-bond acceptors (Lipinski definition) is 1. The molecule has 0 rings (SSSR count). The lowest BCUT2D eigenvalue weighted by atomic mass is 9.74. The molecule has 0 saturated carbocycles. The van der Waals surface area contributed by atoms with Crippen molar-refractivity contribution in [3.05, 3.63) is 0 Å². The molecule has 27 heavy (non-hydrogen) atoms. The predicted molar refractivity (Wildman–Crippen MR) is 123 cm³/mol. The van der Waals surface area contributed by atoms with Crippen molar-refractivity contribution in [2.45, 2.75) is 162 Å². The topological polar surface area (TPSA) is 20.2 Å². The van der Waals surface area contributed by atoms with E-state index in [1.54, 1.807) is 0 Å². The number of aliphatic hydroxyl groups is 1. The van der Waals surface area contributed by atoms with E-state index in [4.69, 9.17) is 0 Å². The summed E-state index contributed by atoms with van der Waals surface area (Å²) in [5, 5.41) is 11.7. The van der Waals surface area contributed by atoms with Gasteiger partial charge in [0.15, 0.2) is 0 Å². The molecule has 0 aliphatic carbocycles. The maximum atomic E-state index is 11.7. The molecule has 0 aromatic carbocycles. The fraction of sp³-hybridized carbons (Fsp3) is 1.00. The second-order valence-electron chi connectivity index (χ2n) is 9.12. The van der Waals surface area contributed by atoms with Gasteiger partial charge in [0.25, 0.3) is 0 Å². The minimum Gasteiger partial charge on any atom is -0.390 e. The van der Waals surface area contributed by atoms with Crippen molar-refractivity contribution < 1.29 is 5.11 Å². The van der Waals surface area contributed by atoms with Gasteiger partial charge in [-0.3, -0.25) is 0 Å². The summed E-state index contributed by atoms with van der Waals surface area (Å²) in [7, 11) is 0.